The van der Waals surface area contributed by atoms with E-state index >= 15 is 0 Å². The third-order valence-corrected chi connectivity index (χ3v) is 3.67. The van der Waals surface area contributed by atoms with E-state index in [2.05, 4.69) is 4.90 Å². The average molecular weight is 266 g/mol. The molecule has 1 unspecified atom stereocenters. The fourth-order valence-corrected chi connectivity index (χ4v) is 2.68. The highest BCUT2D eigenvalue weighted by atomic mass is 19.1. The first-order chi connectivity index (χ1) is 9.11. The molecule has 4 heteroatoms. The van der Waals surface area contributed by atoms with E-state index in [-0.39, 0.29) is 11.9 Å². The fourth-order valence-electron chi connectivity index (χ4n) is 2.68. The van der Waals surface area contributed by atoms with Gasteiger partial charge >= 0.3 is 0 Å². The van der Waals surface area contributed by atoms with Crippen molar-refractivity contribution >= 4 is 5.69 Å². The van der Waals surface area contributed by atoms with Crippen LogP contribution in [0.25, 0.3) is 0 Å². The molecular weight excluding hydrogens is 243 g/mol. The minimum atomic E-state index is -0.222. The van der Waals surface area contributed by atoms with Gasteiger partial charge in [-0.25, -0.2) is 4.39 Å². The summed E-state index contributed by atoms with van der Waals surface area (Å²) in [5, 5.41) is 0. The van der Waals surface area contributed by atoms with E-state index in [0.29, 0.717) is 6.10 Å². The SMILES string of the molecule is CCOC1CCN(c2ccc(F)cc2C(C)N)CC1. The third-order valence-electron chi connectivity index (χ3n) is 3.67. The lowest BCUT2D eigenvalue weighted by atomic mass is 10.0. The predicted octanol–water partition coefficient (Wildman–Crippen LogP) is 2.85. The first-order valence-corrected chi connectivity index (χ1v) is 7.03. The highest BCUT2D eigenvalue weighted by molar-refractivity contribution is 5.55. The summed E-state index contributed by atoms with van der Waals surface area (Å²) in [7, 11) is 0. The van der Waals surface area contributed by atoms with Crippen molar-refractivity contribution in [2.45, 2.75) is 38.8 Å². The molecule has 1 saturated heterocycles. The summed E-state index contributed by atoms with van der Waals surface area (Å²) in [6.07, 6.45) is 2.40. The van der Waals surface area contributed by atoms with Crippen LogP contribution in [0.4, 0.5) is 10.1 Å². The highest BCUT2D eigenvalue weighted by Gasteiger charge is 2.22. The molecule has 0 amide bonds. The maximum atomic E-state index is 13.3. The summed E-state index contributed by atoms with van der Waals surface area (Å²) in [6.45, 7) is 6.57. The molecular formula is C15H23FN2O. The smallest absolute Gasteiger partial charge is 0.123 e. The van der Waals surface area contributed by atoms with E-state index in [0.717, 1.165) is 43.8 Å². The van der Waals surface area contributed by atoms with Crippen LogP contribution < -0.4 is 10.6 Å². The molecule has 1 heterocycles. The number of piperidine rings is 1. The van der Waals surface area contributed by atoms with Gasteiger partial charge in [-0.15, -0.1) is 0 Å². The standard InChI is InChI=1S/C15H23FN2O/c1-3-19-13-6-8-18(9-7-13)15-5-4-12(16)10-14(15)11(2)17/h4-5,10-11,13H,3,6-9,17H2,1-2H3. The number of ether oxygens (including phenoxy) is 1. The monoisotopic (exact) mass is 266 g/mol. The van der Waals surface area contributed by atoms with Gasteiger partial charge in [0.15, 0.2) is 0 Å². The van der Waals surface area contributed by atoms with Gasteiger partial charge in [-0.05, 0) is 50.5 Å². The van der Waals surface area contributed by atoms with Crippen LogP contribution in [-0.4, -0.2) is 25.8 Å². The van der Waals surface area contributed by atoms with Gasteiger partial charge in [0.2, 0.25) is 0 Å². The van der Waals surface area contributed by atoms with Crippen LogP contribution in [0.15, 0.2) is 18.2 Å². The van der Waals surface area contributed by atoms with Crippen LogP contribution in [0.1, 0.15) is 38.3 Å². The second kappa shape index (κ2) is 6.35. The number of benzene rings is 1. The Hall–Kier alpha value is -1.13. The Bertz CT molecular complexity index is 415. The Morgan fingerprint density at radius 2 is 2.11 bits per heavy atom. The largest absolute Gasteiger partial charge is 0.378 e. The van der Waals surface area contributed by atoms with Crippen LogP contribution in [0.5, 0.6) is 0 Å². The normalized spacial score (nSPS) is 18.6. The molecule has 106 valence electrons. The topological polar surface area (TPSA) is 38.5 Å². The summed E-state index contributed by atoms with van der Waals surface area (Å²) in [5.41, 5.74) is 7.89. The summed E-state index contributed by atoms with van der Waals surface area (Å²) in [5.74, 6) is -0.222. The maximum absolute atomic E-state index is 13.3. The van der Waals surface area contributed by atoms with Gasteiger partial charge in [-0.2, -0.15) is 0 Å². The quantitative estimate of drug-likeness (QED) is 0.910. The summed E-state index contributed by atoms with van der Waals surface area (Å²) in [6, 6.07) is 4.75. The highest BCUT2D eigenvalue weighted by Crippen LogP contribution is 2.29. The molecule has 2 rings (SSSR count). The van der Waals surface area contributed by atoms with E-state index in [1.54, 1.807) is 6.07 Å². The molecule has 2 N–H and O–H groups in total. The summed E-state index contributed by atoms with van der Waals surface area (Å²) < 4.78 is 19.0. The zero-order chi connectivity index (χ0) is 13.8. The van der Waals surface area contributed by atoms with E-state index in [4.69, 9.17) is 10.5 Å². The summed E-state index contributed by atoms with van der Waals surface area (Å²) in [4.78, 5) is 2.29. The van der Waals surface area contributed by atoms with E-state index in [1.807, 2.05) is 19.9 Å². The Balaban J connectivity index is 2.11. The zero-order valence-corrected chi connectivity index (χ0v) is 11.7. The Morgan fingerprint density at radius 3 is 2.68 bits per heavy atom. The van der Waals surface area contributed by atoms with E-state index < -0.39 is 0 Å². The molecule has 0 spiro atoms. The minimum absolute atomic E-state index is 0.157. The van der Waals surface area contributed by atoms with Crippen molar-refractivity contribution in [2.24, 2.45) is 5.73 Å². The minimum Gasteiger partial charge on any atom is -0.378 e. The lowest BCUT2D eigenvalue weighted by Crippen LogP contribution is -2.37. The number of rotatable bonds is 4. The number of hydrogen-bond donors (Lipinski definition) is 1. The molecule has 3 nitrogen and oxygen atoms in total. The molecule has 1 aromatic rings. The van der Waals surface area contributed by atoms with Crippen molar-refractivity contribution < 1.29 is 9.13 Å². The number of halogens is 1. The fraction of sp³-hybridized carbons (Fsp3) is 0.600. The van der Waals surface area contributed by atoms with E-state index in [1.165, 1.54) is 6.07 Å². The van der Waals surface area contributed by atoms with Gasteiger partial charge in [0.05, 0.1) is 6.10 Å². The van der Waals surface area contributed by atoms with Crippen molar-refractivity contribution in [1.29, 1.82) is 0 Å². The van der Waals surface area contributed by atoms with Crippen molar-refractivity contribution in [1.82, 2.24) is 0 Å². The second-order valence-electron chi connectivity index (χ2n) is 5.13. The molecule has 19 heavy (non-hydrogen) atoms. The lowest BCUT2D eigenvalue weighted by molar-refractivity contribution is 0.0459. The van der Waals surface area contributed by atoms with Crippen LogP contribution in [0.3, 0.4) is 0 Å². The van der Waals surface area contributed by atoms with Gasteiger partial charge in [0, 0.05) is 31.4 Å². The number of nitrogens with zero attached hydrogens (tertiary/aromatic N) is 1. The number of anilines is 1. The molecule has 1 atom stereocenters. The Kier molecular flexibility index (Phi) is 4.77. The molecule has 0 aromatic heterocycles. The average Bonchev–Trinajstić information content (AvgIpc) is 2.40. The Labute approximate surface area is 114 Å². The van der Waals surface area contributed by atoms with Gasteiger partial charge in [-0.3, -0.25) is 0 Å². The van der Waals surface area contributed by atoms with Crippen LogP contribution in [0, 0.1) is 5.82 Å². The van der Waals surface area contributed by atoms with Gasteiger partial charge in [-0.1, -0.05) is 0 Å². The number of nitrogens with two attached hydrogens (primary N) is 1. The second-order valence-corrected chi connectivity index (χ2v) is 5.13. The third kappa shape index (κ3) is 3.45. The predicted molar refractivity (Wildman–Crippen MR) is 75.9 cm³/mol. The first-order valence-electron chi connectivity index (χ1n) is 7.03. The first kappa shape index (κ1) is 14.3. The molecule has 1 aliphatic heterocycles. The molecule has 1 aromatic carbocycles. The molecule has 1 aliphatic rings. The van der Waals surface area contributed by atoms with Crippen LogP contribution >= 0.6 is 0 Å². The Morgan fingerprint density at radius 1 is 1.42 bits per heavy atom. The van der Waals surface area contributed by atoms with Crippen LogP contribution in [-0.2, 0) is 4.74 Å². The van der Waals surface area contributed by atoms with Crippen LogP contribution in [0.2, 0.25) is 0 Å². The van der Waals surface area contributed by atoms with Crippen molar-refractivity contribution in [3.8, 4) is 0 Å². The van der Waals surface area contributed by atoms with Crippen molar-refractivity contribution in [3.05, 3.63) is 29.6 Å². The molecule has 0 aliphatic carbocycles. The van der Waals surface area contributed by atoms with Gasteiger partial charge < -0.3 is 15.4 Å². The number of hydrogen-bond acceptors (Lipinski definition) is 3. The molecule has 0 bridgehead atoms. The van der Waals surface area contributed by atoms with Gasteiger partial charge in [0.1, 0.15) is 5.82 Å². The maximum Gasteiger partial charge on any atom is 0.123 e. The van der Waals surface area contributed by atoms with E-state index in [9.17, 15) is 4.39 Å². The summed E-state index contributed by atoms with van der Waals surface area (Å²) >= 11 is 0. The molecule has 0 saturated carbocycles. The molecule has 1 fully saturated rings. The van der Waals surface area contributed by atoms with Crippen molar-refractivity contribution in [3.63, 3.8) is 0 Å². The lowest BCUT2D eigenvalue weighted by Gasteiger charge is -2.35. The van der Waals surface area contributed by atoms with Gasteiger partial charge in [0.25, 0.3) is 0 Å². The van der Waals surface area contributed by atoms with Crippen molar-refractivity contribution in [2.75, 3.05) is 24.6 Å². The molecule has 0 radical (unpaired) electrons. The zero-order valence-electron chi connectivity index (χ0n) is 11.7.